The van der Waals surface area contributed by atoms with Crippen LogP contribution in [-0.4, -0.2) is 23.1 Å². The van der Waals surface area contributed by atoms with E-state index in [4.69, 9.17) is 28.3 Å². The fourth-order valence-corrected chi connectivity index (χ4v) is 2.19. The van der Waals surface area contributed by atoms with Crippen molar-refractivity contribution in [3.8, 4) is 0 Å². The first-order chi connectivity index (χ1) is 9.85. The van der Waals surface area contributed by atoms with E-state index in [0.29, 0.717) is 12.8 Å². The summed E-state index contributed by atoms with van der Waals surface area (Å²) in [5.74, 6) is -1.77. The molecule has 1 rings (SSSR count). The normalized spacial score (nSPS) is 11.8. The van der Waals surface area contributed by atoms with Gasteiger partial charge in [-0.2, -0.15) is 0 Å². The van der Waals surface area contributed by atoms with Crippen LogP contribution in [0, 0.1) is 5.82 Å². The van der Waals surface area contributed by atoms with Crippen LogP contribution in [0.15, 0.2) is 12.1 Å². The molecule has 5 nitrogen and oxygen atoms in total. The lowest BCUT2D eigenvalue weighted by molar-refractivity contribution is -0.139. The zero-order valence-corrected chi connectivity index (χ0v) is 12.8. The summed E-state index contributed by atoms with van der Waals surface area (Å²) in [5, 5.41) is 13.5. The van der Waals surface area contributed by atoms with E-state index in [0.717, 1.165) is 18.6 Å². The molecule has 0 saturated carbocycles. The third kappa shape index (κ3) is 5.40. The number of rotatable bonds is 6. The minimum absolute atomic E-state index is 0.0249. The van der Waals surface area contributed by atoms with Crippen LogP contribution in [0.4, 0.5) is 14.9 Å². The number of aliphatic carboxylic acids is 1. The van der Waals surface area contributed by atoms with Crippen LogP contribution in [0.1, 0.15) is 26.2 Å². The summed E-state index contributed by atoms with van der Waals surface area (Å²) in [6, 6.07) is 0.209. The highest BCUT2D eigenvalue weighted by Gasteiger charge is 2.20. The van der Waals surface area contributed by atoms with Crippen molar-refractivity contribution in [2.24, 2.45) is 0 Å². The Morgan fingerprint density at radius 1 is 1.33 bits per heavy atom. The SMILES string of the molecule is CCCC[C@H](NC(=O)Nc1c(Cl)cc(F)cc1Cl)C(=O)O. The van der Waals surface area contributed by atoms with Crippen molar-refractivity contribution in [1.82, 2.24) is 5.32 Å². The first-order valence-corrected chi connectivity index (χ1v) is 7.05. The minimum atomic E-state index is -1.13. The number of carbonyl (C=O) groups is 2. The van der Waals surface area contributed by atoms with E-state index in [2.05, 4.69) is 10.6 Å². The zero-order chi connectivity index (χ0) is 16.0. The molecule has 21 heavy (non-hydrogen) atoms. The number of carboxylic acids is 1. The van der Waals surface area contributed by atoms with Gasteiger partial charge in [0.05, 0.1) is 15.7 Å². The first kappa shape index (κ1) is 17.5. The van der Waals surface area contributed by atoms with Gasteiger partial charge in [-0.15, -0.1) is 0 Å². The molecule has 3 N–H and O–H groups in total. The second-order valence-electron chi connectivity index (χ2n) is 4.38. The van der Waals surface area contributed by atoms with Gasteiger partial charge in [0.15, 0.2) is 0 Å². The number of urea groups is 1. The molecule has 0 spiro atoms. The van der Waals surface area contributed by atoms with E-state index in [9.17, 15) is 14.0 Å². The van der Waals surface area contributed by atoms with E-state index >= 15 is 0 Å². The predicted molar refractivity (Wildman–Crippen MR) is 79.5 cm³/mol. The monoisotopic (exact) mass is 336 g/mol. The number of unbranched alkanes of at least 4 members (excludes halogenated alkanes) is 1. The Morgan fingerprint density at radius 2 is 1.90 bits per heavy atom. The van der Waals surface area contributed by atoms with Crippen molar-refractivity contribution in [3.05, 3.63) is 28.0 Å². The Balaban J connectivity index is 2.74. The van der Waals surface area contributed by atoms with E-state index < -0.39 is 23.9 Å². The number of anilines is 1. The summed E-state index contributed by atoms with van der Waals surface area (Å²) < 4.78 is 13.0. The number of hydrogen-bond donors (Lipinski definition) is 3. The van der Waals surface area contributed by atoms with Gasteiger partial charge in [-0.25, -0.2) is 14.0 Å². The van der Waals surface area contributed by atoms with Crippen LogP contribution in [-0.2, 0) is 4.79 Å². The molecule has 0 aliphatic rings. The summed E-state index contributed by atoms with van der Waals surface area (Å²) in [6.45, 7) is 1.91. The standard InChI is InChI=1S/C13H15Cl2FN2O3/c1-2-3-4-10(12(19)20)17-13(21)18-11-8(14)5-7(16)6-9(11)15/h5-6,10H,2-4H2,1H3,(H,19,20)(H2,17,18,21)/t10-/m0/s1. The number of nitrogens with one attached hydrogen (secondary N) is 2. The molecule has 0 heterocycles. The molecule has 0 aliphatic carbocycles. The van der Waals surface area contributed by atoms with Crippen molar-refractivity contribution in [3.63, 3.8) is 0 Å². The molecule has 0 aliphatic heterocycles. The molecule has 116 valence electrons. The minimum Gasteiger partial charge on any atom is -0.480 e. The molecule has 1 aromatic rings. The molecule has 0 bridgehead atoms. The van der Waals surface area contributed by atoms with Gasteiger partial charge in [-0.05, 0) is 18.6 Å². The summed E-state index contributed by atoms with van der Waals surface area (Å²) in [6.07, 6.45) is 1.78. The molecule has 0 aromatic heterocycles. The number of carbonyl (C=O) groups excluding carboxylic acids is 1. The summed E-state index contributed by atoms with van der Waals surface area (Å²) in [4.78, 5) is 22.8. The molecule has 8 heteroatoms. The van der Waals surface area contributed by atoms with Crippen LogP contribution in [0.5, 0.6) is 0 Å². The Morgan fingerprint density at radius 3 is 2.38 bits per heavy atom. The summed E-state index contributed by atoms with van der Waals surface area (Å²) in [7, 11) is 0. The van der Waals surface area contributed by atoms with Crippen LogP contribution in [0.3, 0.4) is 0 Å². The van der Waals surface area contributed by atoms with Gasteiger partial charge < -0.3 is 15.7 Å². The van der Waals surface area contributed by atoms with E-state index in [1.165, 1.54) is 0 Å². The number of benzene rings is 1. The van der Waals surface area contributed by atoms with Crippen LogP contribution < -0.4 is 10.6 Å². The maximum atomic E-state index is 13.0. The second kappa shape index (κ2) is 8.05. The molecule has 2 amide bonds. The largest absolute Gasteiger partial charge is 0.480 e. The Labute approximate surface area is 131 Å². The van der Waals surface area contributed by atoms with Crippen molar-refractivity contribution in [2.45, 2.75) is 32.2 Å². The Bertz CT molecular complexity index is 517. The van der Waals surface area contributed by atoms with Crippen molar-refractivity contribution in [2.75, 3.05) is 5.32 Å². The van der Waals surface area contributed by atoms with E-state index in [1.54, 1.807) is 0 Å². The van der Waals surface area contributed by atoms with Gasteiger partial charge in [-0.3, -0.25) is 0 Å². The molecule has 0 fully saturated rings. The highest BCUT2D eigenvalue weighted by atomic mass is 35.5. The van der Waals surface area contributed by atoms with Crippen LogP contribution in [0.25, 0.3) is 0 Å². The first-order valence-electron chi connectivity index (χ1n) is 6.30. The average Bonchev–Trinajstić information content (AvgIpc) is 2.38. The smallest absolute Gasteiger partial charge is 0.326 e. The van der Waals surface area contributed by atoms with Crippen LogP contribution >= 0.6 is 23.2 Å². The number of carboxylic acid groups (broad SMARTS) is 1. The number of hydrogen-bond acceptors (Lipinski definition) is 2. The third-order valence-electron chi connectivity index (χ3n) is 2.70. The summed E-state index contributed by atoms with van der Waals surface area (Å²) >= 11 is 11.6. The highest BCUT2D eigenvalue weighted by Crippen LogP contribution is 2.31. The third-order valence-corrected chi connectivity index (χ3v) is 3.29. The zero-order valence-electron chi connectivity index (χ0n) is 11.3. The number of halogens is 3. The van der Waals surface area contributed by atoms with Crippen molar-refractivity contribution >= 4 is 40.9 Å². The van der Waals surface area contributed by atoms with E-state index in [-0.39, 0.29) is 15.7 Å². The quantitative estimate of drug-likeness (QED) is 0.737. The van der Waals surface area contributed by atoms with Crippen molar-refractivity contribution in [1.29, 1.82) is 0 Å². The number of amides is 2. The predicted octanol–water partition coefficient (Wildman–Crippen LogP) is 3.90. The topological polar surface area (TPSA) is 78.4 Å². The van der Waals surface area contributed by atoms with Gasteiger partial charge in [-0.1, -0.05) is 43.0 Å². The molecular formula is C13H15Cl2FN2O3. The van der Waals surface area contributed by atoms with E-state index in [1.807, 2.05) is 6.92 Å². The summed E-state index contributed by atoms with van der Waals surface area (Å²) in [5.41, 5.74) is 0.0249. The van der Waals surface area contributed by atoms with Gasteiger partial charge in [0.2, 0.25) is 0 Å². The van der Waals surface area contributed by atoms with Gasteiger partial charge in [0.25, 0.3) is 0 Å². The molecule has 0 saturated heterocycles. The Hall–Kier alpha value is -1.53. The maximum absolute atomic E-state index is 13.0. The lowest BCUT2D eigenvalue weighted by Crippen LogP contribution is -2.43. The highest BCUT2D eigenvalue weighted by molar-refractivity contribution is 6.39. The second-order valence-corrected chi connectivity index (χ2v) is 5.19. The van der Waals surface area contributed by atoms with Gasteiger partial charge >= 0.3 is 12.0 Å². The molecule has 0 radical (unpaired) electrons. The molecule has 0 unspecified atom stereocenters. The molecular weight excluding hydrogens is 322 g/mol. The Kier molecular flexibility index (Phi) is 6.71. The molecule has 1 aromatic carbocycles. The van der Waals surface area contributed by atoms with Crippen LogP contribution in [0.2, 0.25) is 10.0 Å². The van der Waals surface area contributed by atoms with Gasteiger partial charge in [0.1, 0.15) is 11.9 Å². The maximum Gasteiger partial charge on any atom is 0.326 e. The lowest BCUT2D eigenvalue weighted by Gasteiger charge is -2.16. The van der Waals surface area contributed by atoms with Gasteiger partial charge in [0, 0.05) is 0 Å². The lowest BCUT2D eigenvalue weighted by atomic mass is 10.1. The van der Waals surface area contributed by atoms with Crippen molar-refractivity contribution < 1.29 is 19.1 Å². The fraction of sp³-hybridized carbons (Fsp3) is 0.385. The molecule has 1 atom stereocenters. The average molecular weight is 337 g/mol. The fourth-order valence-electron chi connectivity index (χ4n) is 1.64.